The molecule has 0 bridgehead atoms. The number of para-hydroxylation sites is 2. The van der Waals surface area contributed by atoms with Gasteiger partial charge in [-0.25, -0.2) is 4.98 Å². The first-order valence-corrected chi connectivity index (χ1v) is 10.9. The number of anilines is 1. The van der Waals surface area contributed by atoms with E-state index in [1.54, 1.807) is 28.5 Å². The van der Waals surface area contributed by atoms with Gasteiger partial charge in [-0.1, -0.05) is 12.1 Å². The maximum absolute atomic E-state index is 12.9. The number of hydrogen-bond acceptors (Lipinski definition) is 7. The summed E-state index contributed by atoms with van der Waals surface area (Å²) in [5.41, 5.74) is 2.04. The van der Waals surface area contributed by atoms with Crippen molar-refractivity contribution in [1.29, 1.82) is 0 Å². The highest BCUT2D eigenvalue weighted by Crippen LogP contribution is 2.29. The van der Waals surface area contributed by atoms with E-state index in [4.69, 9.17) is 4.74 Å². The minimum Gasteiger partial charge on any atom is -0.494 e. The molecule has 0 radical (unpaired) electrons. The molecule has 2 aromatic carbocycles. The lowest BCUT2D eigenvalue weighted by Gasteiger charge is -2.35. The van der Waals surface area contributed by atoms with Crippen LogP contribution in [-0.4, -0.2) is 53.5 Å². The number of piperazine rings is 1. The summed E-state index contributed by atoms with van der Waals surface area (Å²) in [4.78, 5) is 32.1. The standard InChI is InChI=1S/C22H22N4O4S/c1-2-30-17-9-7-16(8-10-17)21-23-18(15-31-21)22(27)25-13-11-24(12-14-25)19-5-3-4-6-20(19)26(28)29/h3-10,15H,2,11-14H2,1H3. The molecule has 1 saturated heterocycles. The summed E-state index contributed by atoms with van der Waals surface area (Å²) in [6, 6.07) is 14.4. The predicted molar refractivity (Wildman–Crippen MR) is 120 cm³/mol. The van der Waals surface area contributed by atoms with Crippen LogP contribution in [0.2, 0.25) is 0 Å². The van der Waals surface area contributed by atoms with Crippen LogP contribution in [0.5, 0.6) is 5.75 Å². The van der Waals surface area contributed by atoms with E-state index in [1.807, 2.05) is 36.1 Å². The van der Waals surface area contributed by atoms with Crippen molar-refractivity contribution in [3.63, 3.8) is 0 Å². The summed E-state index contributed by atoms with van der Waals surface area (Å²) in [7, 11) is 0. The molecule has 0 aliphatic carbocycles. The van der Waals surface area contributed by atoms with Crippen molar-refractivity contribution in [2.45, 2.75) is 6.92 Å². The zero-order chi connectivity index (χ0) is 21.8. The number of ether oxygens (including phenoxy) is 1. The number of amides is 1. The number of rotatable bonds is 6. The van der Waals surface area contributed by atoms with E-state index in [-0.39, 0.29) is 16.5 Å². The third-order valence-electron chi connectivity index (χ3n) is 5.12. The molecule has 0 spiro atoms. The van der Waals surface area contributed by atoms with Crippen LogP contribution < -0.4 is 9.64 Å². The van der Waals surface area contributed by atoms with E-state index in [9.17, 15) is 14.9 Å². The Morgan fingerprint density at radius 1 is 1.13 bits per heavy atom. The van der Waals surface area contributed by atoms with Crippen LogP contribution >= 0.6 is 11.3 Å². The third-order valence-corrected chi connectivity index (χ3v) is 6.01. The van der Waals surface area contributed by atoms with E-state index in [2.05, 4.69) is 4.98 Å². The Labute approximate surface area is 183 Å². The molecule has 1 aliphatic rings. The van der Waals surface area contributed by atoms with Gasteiger partial charge in [0.15, 0.2) is 0 Å². The van der Waals surface area contributed by atoms with Crippen LogP contribution in [0.3, 0.4) is 0 Å². The molecule has 31 heavy (non-hydrogen) atoms. The van der Waals surface area contributed by atoms with E-state index >= 15 is 0 Å². The fourth-order valence-corrected chi connectivity index (χ4v) is 4.36. The van der Waals surface area contributed by atoms with Crippen LogP contribution in [0, 0.1) is 10.1 Å². The van der Waals surface area contributed by atoms with E-state index in [0.29, 0.717) is 44.2 Å². The molecule has 0 N–H and O–H groups in total. The number of nitro benzene ring substituents is 1. The molecule has 2 heterocycles. The second kappa shape index (κ2) is 9.13. The molecule has 1 fully saturated rings. The van der Waals surface area contributed by atoms with Crippen molar-refractivity contribution < 1.29 is 14.5 Å². The fraction of sp³-hybridized carbons (Fsp3) is 0.273. The number of carbonyl (C=O) groups excluding carboxylic acids is 1. The monoisotopic (exact) mass is 438 g/mol. The van der Waals surface area contributed by atoms with Crippen molar-refractivity contribution in [2.24, 2.45) is 0 Å². The maximum atomic E-state index is 12.9. The zero-order valence-corrected chi connectivity index (χ0v) is 17.9. The van der Waals surface area contributed by atoms with Gasteiger partial charge in [-0.2, -0.15) is 0 Å². The van der Waals surface area contributed by atoms with Gasteiger partial charge in [0.1, 0.15) is 22.1 Å². The molecule has 9 heteroatoms. The number of hydrogen-bond donors (Lipinski definition) is 0. The SMILES string of the molecule is CCOc1ccc(-c2nc(C(=O)N3CCN(c4ccccc4[N+](=O)[O-])CC3)cs2)cc1. The van der Waals surface area contributed by atoms with E-state index in [1.165, 1.54) is 17.4 Å². The van der Waals surface area contributed by atoms with Gasteiger partial charge >= 0.3 is 0 Å². The number of nitro groups is 1. The average Bonchev–Trinajstić information content (AvgIpc) is 3.30. The second-order valence-electron chi connectivity index (χ2n) is 7.02. The van der Waals surface area contributed by atoms with Crippen molar-refractivity contribution in [3.05, 3.63) is 69.7 Å². The Morgan fingerprint density at radius 2 is 1.84 bits per heavy atom. The summed E-state index contributed by atoms with van der Waals surface area (Å²) in [6.45, 7) is 4.59. The Hall–Kier alpha value is -3.46. The molecule has 8 nitrogen and oxygen atoms in total. The summed E-state index contributed by atoms with van der Waals surface area (Å²) in [5, 5.41) is 13.9. The first-order valence-electron chi connectivity index (χ1n) is 10.0. The molecule has 1 aliphatic heterocycles. The first-order chi connectivity index (χ1) is 15.1. The van der Waals surface area contributed by atoms with Gasteiger partial charge in [0.05, 0.1) is 11.5 Å². The lowest BCUT2D eigenvalue weighted by molar-refractivity contribution is -0.384. The molecular formula is C22H22N4O4S. The Balaban J connectivity index is 1.41. The van der Waals surface area contributed by atoms with Crippen molar-refractivity contribution >= 4 is 28.6 Å². The zero-order valence-electron chi connectivity index (χ0n) is 17.1. The first kappa shape index (κ1) is 20.8. The summed E-state index contributed by atoms with van der Waals surface area (Å²) in [5.74, 6) is 0.686. The van der Waals surface area contributed by atoms with Crippen LogP contribution in [0.15, 0.2) is 53.9 Å². The smallest absolute Gasteiger partial charge is 0.292 e. The van der Waals surface area contributed by atoms with Crippen molar-refractivity contribution in [2.75, 3.05) is 37.7 Å². The normalized spacial score (nSPS) is 13.8. The van der Waals surface area contributed by atoms with Crippen LogP contribution in [0.1, 0.15) is 17.4 Å². The van der Waals surface area contributed by atoms with Crippen LogP contribution in [0.25, 0.3) is 10.6 Å². The lowest BCUT2D eigenvalue weighted by Crippen LogP contribution is -2.49. The highest BCUT2D eigenvalue weighted by Gasteiger charge is 2.27. The maximum Gasteiger partial charge on any atom is 0.292 e. The van der Waals surface area contributed by atoms with E-state index in [0.717, 1.165) is 16.3 Å². The number of nitrogens with zero attached hydrogens (tertiary/aromatic N) is 4. The molecule has 0 unspecified atom stereocenters. The summed E-state index contributed by atoms with van der Waals surface area (Å²) >= 11 is 1.43. The summed E-state index contributed by atoms with van der Waals surface area (Å²) < 4.78 is 5.46. The van der Waals surface area contributed by atoms with Gasteiger partial charge in [0.2, 0.25) is 0 Å². The Morgan fingerprint density at radius 3 is 2.52 bits per heavy atom. The Bertz CT molecular complexity index is 1080. The second-order valence-corrected chi connectivity index (χ2v) is 7.88. The number of benzene rings is 2. The van der Waals surface area contributed by atoms with Crippen molar-refractivity contribution in [3.8, 4) is 16.3 Å². The highest BCUT2D eigenvalue weighted by atomic mass is 32.1. The summed E-state index contributed by atoms with van der Waals surface area (Å²) in [6.07, 6.45) is 0. The molecule has 160 valence electrons. The number of aromatic nitrogens is 1. The minimum absolute atomic E-state index is 0.0850. The fourth-order valence-electron chi connectivity index (χ4n) is 3.56. The van der Waals surface area contributed by atoms with Gasteiger partial charge in [-0.05, 0) is 37.3 Å². The molecule has 0 saturated carbocycles. The molecule has 1 amide bonds. The van der Waals surface area contributed by atoms with E-state index < -0.39 is 0 Å². The number of carbonyl (C=O) groups is 1. The van der Waals surface area contributed by atoms with Gasteiger partial charge in [0, 0.05) is 43.2 Å². The third kappa shape index (κ3) is 4.51. The average molecular weight is 439 g/mol. The van der Waals surface area contributed by atoms with Gasteiger partial charge in [-0.3, -0.25) is 14.9 Å². The largest absolute Gasteiger partial charge is 0.494 e. The molecular weight excluding hydrogens is 416 g/mol. The van der Waals surface area contributed by atoms with Gasteiger partial charge in [-0.15, -0.1) is 11.3 Å². The number of thiazole rings is 1. The van der Waals surface area contributed by atoms with Gasteiger partial charge < -0.3 is 14.5 Å². The van der Waals surface area contributed by atoms with Crippen LogP contribution in [0.4, 0.5) is 11.4 Å². The van der Waals surface area contributed by atoms with Crippen molar-refractivity contribution in [1.82, 2.24) is 9.88 Å². The molecule has 4 rings (SSSR count). The molecule has 1 aromatic heterocycles. The minimum atomic E-state index is -0.370. The predicted octanol–water partition coefficient (Wildman–Crippen LogP) is 4.08. The topological polar surface area (TPSA) is 88.8 Å². The Kier molecular flexibility index (Phi) is 6.13. The van der Waals surface area contributed by atoms with Crippen LogP contribution in [-0.2, 0) is 0 Å². The molecule has 0 atom stereocenters. The molecule has 3 aromatic rings. The quantitative estimate of drug-likeness (QED) is 0.426. The van der Waals surface area contributed by atoms with Gasteiger partial charge in [0.25, 0.3) is 11.6 Å². The highest BCUT2D eigenvalue weighted by molar-refractivity contribution is 7.13. The lowest BCUT2D eigenvalue weighted by atomic mass is 10.2.